The average molecular weight is 456 g/mol. The van der Waals surface area contributed by atoms with E-state index in [0.29, 0.717) is 16.9 Å². The molecule has 0 radical (unpaired) electrons. The quantitative estimate of drug-likeness (QED) is 0.609. The van der Waals surface area contributed by atoms with Crippen LogP contribution in [0, 0.1) is 12.7 Å². The summed E-state index contributed by atoms with van der Waals surface area (Å²) in [5.74, 6) is -0.212. The number of rotatable bonds is 4. The highest BCUT2D eigenvalue weighted by Crippen LogP contribution is 2.49. The van der Waals surface area contributed by atoms with Crippen molar-refractivity contribution in [2.75, 3.05) is 7.11 Å². The zero-order valence-electron chi connectivity index (χ0n) is 19.5. The van der Waals surface area contributed by atoms with Gasteiger partial charge in [0.15, 0.2) is 0 Å². The van der Waals surface area contributed by atoms with Crippen molar-refractivity contribution in [2.24, 2.45) is 0 Å². The van der Waals surface area contributed by atoms with Crippen LogP contribution in [-0.2, 0) is 22.0 Å². The van der Waals surface area contributed by atoms with Gasteiger partial charge in [-0.15, -0.1) is 0 Å². The molecule has 1 aliphatic carbocycles. The molecule has 1 unspecified atom stereocenters. The van der Waals surface area contributed by atoms with Gasteiger partial charge in [0, 0.05) is 11.1 Å². The van der Waals surface area contributed by atoms with Crippen molar-refractivity contribution in [3.05, 3.63) is 52.3 Å². The SMILES string of the molecule is COc1ccc(F)c(CC2SC(=O)NC2=O)c1-c1cc2c(cc1C)C(C)(C)CCC2(C)C. The molecule has 1 atom stereocenters. The zero-order chi connectivity index (χ0) is 23.4. The van der Waals surface area contributed by atoms with Gasteiger partial charge in [-0.2, -0.15) is 0 Å². The number of aryl methyl sites for hydroxylation is 1. The second-order valence-corrected chi connectivity index (χ2v) is 11.3. The lowest BCUT2D eigenvalue weighted by Gasteiger charge is -2.42. The normalized spacial score (nSPS) is 21.3. The largest absolute Gasteiger partial charge is 0.496 e. The number of benzene rings is 2. The number of fused-ring (bicyclic) bond motifs is 1. The fourth-order valence-electron chi connectivity index (χ4n) is 4.97. The van der Waals surface area contributed by atoms with Gasteiger partial charge >= 0.3 is 0 Å². The number of amides is 2. The van der Waals surface area contributed by atoms with Gasteiger partial charge in [0.1, 0.15) is 11.6 Å². The lowest BCUT2D eigenvalue weighted by atomic mass is 9.62. The van der Waals surface area contributed by atoms with Crippen LogP contribution in [0.15, 0.2) is 24.3 Å². The van der Waals surface area contributed by atoms with Crippen LogP contribution in [0.25, 0.3) is 11.1 Å². The van der Waals surface area contributed by atoms with Gasteiger partial charge in [0.2, 0.25) is 5.91 Å². The van der Waals surface area contributed by atoms with E-state index in [4.69, 9.17) is 4.74 Å². The third-order valence-electron chi connectivity index (χ3n) is 7.06. The van der Waals surface area contributed by atoms with Gasteiger partial charge in [-0.25, -0.2) is 4.39 Å². The lowest BCUT2D eigenvalue weighted by molar-refractivity contribution is -0.118. The highest BCUT2D eigenvalue weighted by molar-refractivity contribution is 8.15. The number of carbonyl (C=O) groups is 2. The highest BCUT2D eigenvalue weighted by atomic mass is 32.2. The summed E-state index contributed by atoms with van der Waals surface area (Å²) >= 11 is 0.914. The summed E-state index contributed by atoms with van der Waals surface area (Å²) in [7, 11) is 1.57. The van der Waals surface area contributed by atoms with E-state index in [1.807, 2.05) is 6.92 Å². The van der Waals surface area contributed by atoms with Crippen molar-refractivity contribution >= 4 is 22.9 Å². The summed E-state index contributed by atoms with van der Waals surface area (Å²) in [4.78, 5) is 23.9. The molecular formula is C26H30FNO3S. The van der Waals surface area contributed by atoms with E-state index in [9.17, 15) is 9.59 Å². The predicted octanol–water partition coefficient (Wildman–Crippen LogP) is 6.05. The van der Waals surface area contributed by atoms with Gasteiger partial charge in [0.05, 0.1) is 12.4 Å². The molecule has 32 heavy (non-hydrogen) atoms. The molecule has 0 bridgehead atoms. The fourth-order valence-corrected chi connectivity index (χ4v) is 5.80. The van der Waals surface area contributed by atoms with Crippen LogP contribution in [-0.4, -0.2) is 23.5 Å². The number of hydrogen-bond acceptors (Lipinski definition) is 4. The van der Waals surface area contributed by atoms with Gasteiger partial charge in [-0.3, -0.25) is 14.9 Å². The number of ether oxygens (including phenoxy) is 1. The van der Waals surface area contributed by atoms with Crippen LogP contribution < -0.4 is 10.1 Å². The van der Waals surface area contributed by atoms with Crippen LogP contribution in [0.5, 0.6) is 5.75 Å². The molecule has 2 aliphatic rings. The van der Waals surface area contributed by atoms with E-state index in [1.165, 1.54) is 17.2 Å². The molecule has 6 heteroatoms. The first kappa shape index (κ1) is 22.8. The fraction of sp³-hybridized carbons (Fsp3) is 0.462. The van der Waals surface area contributed by atoms with E-state index < -0.39 is 16.3 Å². The molecule has 170 valence electrons. The molecule has 1 saturated heterocycles. The highest BCUT2D eigenvalue weighted by Gasteiger charge is 2.38. The van der Waals surface area contributed by atoms with Gasteiger partial charge < -0.3 is 4.74 Å². The summed E-state index contributed by atoms with van der Waals surface area (Å²) in [6, 6.07) is 7.44. The maximum atomic E-state index is 15.2. The minimum absolute atomic E-state index is 0.00162. The van der Waals surface area contributed by atoms with Crippen molar-refractivity contribution < 1.29 is 18.7 Å². The molecule has 0 aromatic heterocycles. The first-order chi connectivity index (χ1) is 14.9. The summed E-state index contributed by atoms with van der Waals surface area (Å²) < 4.78 is 20.9. The number of nitrogens with one attached hydrogen (secondary N) is 1. The number of imide groups is 1. The maximum Gasteiger partial charge on any atom is 0.286 e. The van der Waals surface area contributed by atoms with Gasteiger partial charge in [0.25, 0.3) is 5.24 Å². The van der Waals surface area contributed by atoms with E-state index in [-0.39, 0.29) is 23.2 Å². The Hall–Kier alpha value is -2.34. The maximum absolute atomic E-state index is 15.2. The minimum atomic E-state index is -0.656. The van der Waals surface area contributed by atoms with E-state index >= 15 is 4.39 Å². The topological polar surface area (TPSA) is 55.4 Å². The number of halogens is 1. The molecule has 2 aromatic carbocycles. The first-order valence-electron chi connectivity index (χ1n) is 11.0. The summed E-state index contributed by atoms with van der Waals surface area (Å²) in [6.07, 6.45) is 2.30. The van der Waals surface area contributed by atoms with Gasteiger partial charge in [-0.05, 0) is 77.5 Å². The Labute approximate surface area is 193 Å². The third kappa shape index (κ3) is 3.83. The molecule has 2 amide bonds. The Bertz CT molecular complexity index is 1120. The number of carbonyl (C=O) groups excluding carboxylic acids is 2. The molecule has 1 N–H and O–H groups in total. The van der Waals surface area contributed by atoms with Crippen molar-refractivity contribution in [2.45, 2.75) is 70.0 Å². The molecule has 1 aliphatic heterocycles. The van der Waals surface area contributed by atoms with Gasteiger partial charge in [-0.1, -0.05) is 45.5 Å². The molecule has 4 rings (SSSR count). The number of thioether (sulfide) groups is 1. The standard InChI is InChI=1S/C26H30FNO3S/c1-14-11-17-18(26(4,5)10-9-25(17,2)3)12-15(14)22-16(19(27)7-8-20(22)31-6)13-21-23(29)28-24(30)32-21/h7-8,11-12,21H,9-10,13H2,1-6H3,(H,28,29,30). The molecule has 1 fully saturated rings. The van der Waals surface area contributed by atoms with Crippen LogP contribution >= 0.6 is 11.8 Å². The first-order valence-corrected chi connectivity index (χ1v) is 11.9. The Morgan fingerprint density at radius 3 is 2.28 bits per heavy atom. The minimum Gasteiger partial charge on any atom is -0.496 e. The lowest BCUT2D eigenvalue weighted by Crippen LogP contribution is -2.34. The van der Waals surface area contributed by atoms with Crippen molar-refractivity contribution in [3.8, 4) is 16.9 Å². The van der Waals surface area contributed by atoms with Crippen molar-refractivity contribution in [1.29, 1.82) is 0 Å². The molecule has 2 aromatic rings. The monoisotopic (exact) mass is 455 g/mol. The molecule has 4 nitrogen and oxygen atoms in total. The smallest absolute Gasteiger partial charge is 0.286 e. The Kier molecular flexibility index (Phi) is 5.64. The molecule has 0 saturated carbocycles. The predicted molar refractivity (Wildman–Crippen MR) is 127 cm³/mol. The average Bonchev–Trinajstić information content (AvgIpc) is 3.04. The Morgan fingerprint density at radius 2 is 1.72 bits per heavy atom. The Balaban J connectivity index is 1.93. The second-order valence-electron chi connectivity index (χ2n) is 10.2. The van der Waals surface area contributed by atoms with E-state index in [0.717, 1.165) is 35.7 Å². The van der Waals surface area contributed by atoms with E-state index in [2.05, 4.69) is 45.1 Å². The third-order valence-corrected chi connectivity index (χ3v) is 8.04. The van der Waals surface area contributed by atoms with Crippen molar-refractivity contribution in [3.63, 3.8) is 0 Å². The second kappa shape index (κ2) is 7.91. The Morgan fingerprint density at radius 1 is 1.09 bits per heavy atom. The van der Waals surface area contributed by atoms with Crippen LogP contribution in [0.1, 0.15) is 62.8 Å². The summed E-state index contributed by atoms with van der Waals surface area (Å²) in [6.45, 7) is 11.1. The molecule has 1 heterocycles. The van der Waals surface area contributed by atoms with Crippen molar-refractivity contribution in [1.82, 2.24) is 5.32 Å². The summed E-state index contributed by atoms with van der Waals surface area (Å²) in [5, 5.41) is 1.25. The number of methoxy groups -OCH3 is 1. The number of hydrogen-bond donors (Lipinski definition) is 1. The van der Waals surface area contributed by atoms with Crippen LogP contribution in [0.3, 0.4) is 0 Å². The molecule has 0 spiro atoms. The van der Waals surface area contributed by atoms with Crippen LogP contribution in [0.2, 0.25) is 0 Å². The van der Waals surface area contributed by atoms with E-state index in [1.54, 1.807) is 13.2 Å². The van der Waals surface area contributed by atoms with Crippen LogP contribution in [0.4, 0.5) is 9.18 Å². The zero-order valence-corrected chi connectivity index (χ0v) is 20.3. The summed E-state index contributed by atoms with van der Waals surface area (Å²) in [5.41, 5.74) is 5.71. The molecular weight excluding hydrogens is 425 g/mol.